The molecule has 0 saturated heterocycles. The van der Waals surface area contributed by atoms with Crippen LogP contribution in [0.4, 0.5) is 5.69 Å². The highest BCUT2D eigenvalue weighted by Gasteiger charge is 2.20. The number of Topliss-reactive ketones (excluding diaryl/α,β-unsaturated/α-hetero) is 1. The van der Waals surface area contributed by atoms with E-state index in [2.05, 4.69) is 21.6 Å². The number of hydrogen-bond donors (Lipinski definition) is 1. The molecule has 1 atom stereocenters. The van der Waals surface area contributed by atoms with Crippen LogP contribution in [0.3, 0.4) is 0 Å². The molecule has 0 bridgehead atoms. The van der Waals surface area contributed by atoms with Crippen LogP contribution in [0.1, 0.15) is 42.3 Å². The highest BCUT2D eigenvalue weighted by atomic mass is 32.2. The first-order valence-corrected chi connectivity index (χ1v) is 10.6. The first-order chi connectivity index (χ1) is 14.2. The van der Waals surface area contributed by atoms with Crippen molar-refractivity contribution in [1.29, 1.82) is 0 Å². The van der Waals surface area contributed by atoms with Crippen molar-refractivity contribution in [3.05, 3.63) is 59.2 Å². The third-order valence-corrected chi connectivity index (χ3v) is 5.42. The van der Waals surface area contributed by atoms with Crippen LogP contribution in [-0.2, 0) is 4.79 Å². The summed E-state index contributed by atoms with van der Waals surface area (Å²) in [5.74, 6) is 0.224. The maximum Gasteiger partial charge on any atom is 0.277 e. The number of hydrogen-bond acceptors (Lipinski definition) is 6. The van der Waals surface area contributed by atoms with Gasteiger partial charge in [0, 0.05) is 22.7 Å². The zero-order valence-corrected chi connectivity index (χ0v) is 18.5. The molecule has 3 rings (SSSR count). The smallest absolute Gasteiger partial charge is 0.277 e. The Morgan fingerprint density at radius 3 is 2.20 bits per heavy atom. The fourth-order valence-electron chi connectivity index (χ4n) is 2.92. The Kier molecular flexibility index (Phi) is 6.72. The number of ketones is 1. The average molecular weight is 424 g/mol. The highest BCUT2D eigenvalue weighted by molar-refractivity contribution is 8.00. The Hall–Kier alpha value is -2.93. The summed E-state index contributed by atoms with van der Waals surface area (Å²) in [5, 5.41) is 11.0. The topological polar surface area (TPSA) is 85.1 Å². The normalized spacial score (nSPS) is 12.1. The van der Waals surface area contributed by atoms with E-state index >= 15 is 0 Å². The standard InChI is InChI=1S/C23H25N3O3S/c1-13(2)21(28)24-19-8-6-17(7-9-19)20(27)16(5)30-23-26-25-22(29-23)18-11-14(3)10-15(4)12-18/h6-13,16H,1-5H3,(H,24,28)/t16-/m1/s1. The number of amides is 1. The zero-order valence-electron chi connectivity index (χ0n) is 17.7. The molecule has 6 nitrogen and oxygen atoms in total. The lowest BCUT2D eigenvalue weighted by Crippen LogP contribution is -2.18. The second-order valence-electron chi connectivity index (χ2n) is 7.60. The van der Waals surface area contributed by atoms with Gasteiger partial charge in [0.2, 0.25) is 11.8 Å². The maximum absolute atomic E-state index is 12.8. The van der Waals surface area contributed by atoms with Crippen LogP contribution >= 0.6 is 11.8 Å². The van der Waals surface area contributed by atoms with Crippen LogP contribution in [-0.4, -0.2) is 27.1 Å². The molecule has 0 spiro atoms. The molecule has 7 heteroatoms. The SMILES string of the molecule is Cc1cc(C)cc(-c2nnc(S[C@H](C)C(=O)c3ccc(NC(=O)C(C)C)cc3)o2)c1. The van der Waals surface area contributed by atoms with E-state index in [1.807, 2.05) is 46.8 Å². The Bertz CT molecular complexity index is 1040. The quantitative estimate of drug-likeness (QED) is 0.409. The molecular weight excluding hydrogens is 398 g/mol. The van der Waals surface area contributed by atoms with E-state index in [1.165, 1.54) is 11.8 Å². The van der Waals surface area contributed by atoms with E-state index in [9.17, 15) is 9.59 Å². The molecule has 0 aliphatic rings. The van der Waals surface area contributed by atoms with Crippen molar-refractivity contribution in [2.24, 2.45) is 5.92 Å². The third kappa shape index (κ3) is 5.36. The predicted octanol–water partition coefficient (Wildman–Crippen LogP) is 5.31. The number of carbonyl (C=O) groups is 2. The molecule has 0 aliphatic heterocycles. The number of anilines is 1. The van der Waals surface area contributed by atoms with Gasteiger partial charge in [0.25, 0.3) is 5.22 Å². The number of benzene rings is 2. The van der Waals surface area contributed by atoms with Crippen molar-refractivity contribution < 1.29 is 14.0 Å². The molecule has 2 aromatic carbocycles. The fourth-order valence-corrected chi connectivity index (χ4v) is 3.68. The first kappa shape index (κ1) is 21.8. The van der Waals surface area contributed by atoms with Gasteiger partial charge >= 0.3 is 0 Å². The first-order valence-electron chi connectivity index (χ1n) is 9.77. The third-order valence-electron chi connectivity index (χ3n) is 4.48. The maximum atomic E-state index is 12.8. The summed E-state index contributed by atoms with van der Waals surface area (Å²) in [6.45, 7) is 9.50. The van der Waals surface area contributed by atoms with Crippen LogP contribution < -0.4 is 5.32 Å². The van der Waals surface area contributed by atoms with Gasteiger partial charge in [-0.1, -0.05) is 42.8 Å². The van der Waals surface area contributed by atoms with Crippen molar-refractivity contribution >= 4 is 29.1 Å². The molecule has 30 heavy (non-hydrogen) atoms. The number of aromatic nitrogens is 2. The lowest BCUT2D eigenvalue weighted by Gasteiger charge is -2.10. The monoisotopic (exact) mass is 423 g/mol. The number of nitrogens with zero attached hydrogens (tertiary/aromatic N) is 2. The number of carbonyl (C=O) groups excluding carboxylic acids is 2. The van der Waals surface area contributed by atoms with Gasteiger partial charge in [-0.3, -0.25) is 9.59 Å². The molecule has 1 heterocycles. The minimum absolute atomic E-state index is 0.0483. The van der Waals surface area contributed by atoms with Gasteiger partial charge in [-0.2, -0.15) is 0 Å². The number of rotatable bonds is 7. The van der Waals surface area contributed by atoms with E-state index in [-0.39, 0.29) is 17.6 Å². The van der Waals surface area contributed by atoms with Gasteiger partial charge in [0.15, 0.2) is 5.78 Å². The molecule has 156 valence electrons. The summed E-state index contributed by atoms with van der Waals surface area (Å²) in [6.07, 6.45) is 0. The van der Waals surface area contributed by atoms with E-state index in [4.69, 9.17) is 4.42 Å². The molecule has 0 unspecified atom stereocenters. The van der Waals surface area contributed by atoms with E-state index in [0.29, 0.717) is 22.4 Å². The molecule has 0 fully saturated rings. The van der Waals surface area contributed by atoms with Gasteiger partial charge in [-0.15, -0.1) is 10.2 Å². The Labute approximate surface area is 180 Å². The summed E-state index contributed by atoms with van der Waals surface area (Å²) < 4.78 is 5.76. The van der Waals surface area contributed by atoms with Gasteiger partial charge in [-0.05, 0) is 57.2 Å². The van der Waals surface area contributed by atoms with E-state index in [1.54, 1.807) is 24.3 Å². The van der Waals surface area contributed by atoms with Gasteiger partial charge in [-0.25, -0.2) is 0 Å². The summed E-state index contributed by atoms with van der Waals surface area (Å²) in [7, 11) is 0. The Morgan fingerprint density at radius 2 is 1.60 bits per heavy atom. The molecule has 0 radical (unpaired) electrons. The number of nitrogens with one attached hydrogen (secondary N) is 1. The molecule has 0 saturated carbocycles. The van der Waals surface area contributed by atoms with Crippen LogP contribution in [0.5, 0.6) is 0 Å². The fraction of sp³-hybridized carbons (Fsp3) is 0.304. The largest absolute Gasteiger partial charge is 0.411 e. The summed E-state index contributed by atoms with van der Waals surface area (Å²) in [4.78, 5) is 24.5. The lowest BCUT2D eigenvalue weighted by atomic mass is 10.1. The Morgan fingerprint density at radius 1 is 0.967 bits per heavy atom. The number of aryl methyl sites for hydroxylation is 2. The zero-order chi connectivity index (χ0) is 21.8. The Balaban J connectivity index is 1.66. The second kappa shape index (κ2) is 9.26. The van der Waals surface area contributed by atoms with Crippen molar-refractivity contribution in [2.45, 2.75) is 45.1 Å². The highest BCUT2D eigenvalue weighted by Crippen LogP contribution is 2.28. The van der Waals surface area contributed by atoms with Crippen LogP contribution in [0.15, 0.2) is 52.1 Å². The minimum Gasteiger partial charge on any atom is -0.411 e. The van der Waals surface area contributed by atoms with Gasteiger partial charge < -0.3 is 9.73 Å². The van der Waals surface area contributed by atoms with Crippen LogP contribution in [0, 0.1) is 19.8 Å². The molecule has 1 N–H and O–H groups in total. The van der Waals surface area contributed by atoms with Crippen molar-refractivity contribution in [3.8, 4) is 11.5 Å². The molecule has 3 aromatic rings. The minimum atomic E-state index is -0.395. The van der Waals surface area contributed by atoms with Crippen LogP contribution in [0.2, 0.25) is 0 Å². The van der Waals surface area contributed by atoms with Crippen molar-refractivity contribution in [3.63, 3.8) is 0 Å². The lowest BCUT2D eigenvalue weighted by molar-refractivity contribution is -0.118. The van der Waals surface area contributed by atoms with Gasteiger partial charge in [0.05, 0.1) is 5.25 Å². The average Bonchev–Trinajstić information content (AvgIpc) is 3.15. The van der Waals surface area contributed by atoms with Crippen molar-refractivity contribution in [2.75, 3.05) is 5.32 Å². The summed E-state index contributed by atoms with van der Waals surface area (Å²) in [5.41, 5.74) is 4.33. The van der Waals surface area contributed by atoms with E-state index < -0.39 is 5.25 Å². The predicted molar refractivity (Wildman–Crippen MR) is 119 cm³/mol. The molecular formula is C23H25N3O3S. The van der Waals surface area contributed by atoms with Gasteiger partial charge in [0.1, 0.15) is 0 Å². The summed E-state index contributed by atoms with van der Waals surface area (Å²) >= 11 is 1.23. The number of thioether (sulfide) groups is 1. The summed E-state index contributed by atoms with van der Waals surface area (Å²) in [6, 6.07) is 12.9. The second-order valence-corrected chi connectivity index (χ2v) is 8.89. The molecule has 1 amide bonds. The van der Waals surface area contributed by atoms with Crippen LogP contribution in [0.25, 0.3) is 11.5 Å². The molecule has 1 aromatic heterocycles. The van der Waals surface area contributed by atoms with E-state index in [0.717, 1.165) is 16.7 Å². The van der Waals surface area contributed by atoms with Crippen molar-refractivity contribution in [1.82, 2.24) is 10.2 Å². The molecule has 0 aliphatic carbocycles.